The fraction of sp³-hybridized carbons (Fsp3) is 0. The second-order valence-electron chi connectivity index (χ2n) is 3.87. The van der Waals surface area contributed by atoms with Gasteiger partial charge in [0.1, 0.15) is 5.82 Å². The molecule has 0 radical (unpaired) electrons. The van der Waals surface area contributed by atoms with Gasteiger partial charge in [-0.25, -0.2) is 4.39 Å². The Bertz CT molecular complexity index is 687. The molecular formula is C14H12FN3O. The second-order valence-corrected chi connectivity index (χ2v) is 3.87. The number of hydrogen-bond donors (Lipinski definition) is 2. The summed E-state index contributed by atoms with van der Waals surface area (Å²) >= 11 is 0. The number of nitrogens with zero attached hydrogens (tertiary/aromatic N) is 1. The maximum atomic E-state index is 12.9. The van der Waals surface area contributed by atoms with E-state index in [1.165, 1.54) is 41.1 Å². The SMILES string of the molecule is N=C/C(=C\N)c1ccc(=O)n(-c2ccc(F)cc2)c1. The molecule has 0 saturated heterocycles. The Labute approximate surface area is 109 Å². The van der Waals surface area contributed by atoms with Gasteiger partial charge >= 0.3 is 0 Å². The van der Waals surface area contributed by atoms with Gasteiger partial charge in [-0.15, -0.1) is 0 Å². The van der Waals surface area contributed by atoms with Gasteiger partial charge in [-0.3, -0.25) is 9.36 Å². The van der Waals surface area contributed by atoms with Crippen LogP contribution in [-0.4, -0.2) is 10.8 Å². The Kier molecular flexibility index (Phi) is 3.56. The topological polar surface area (TPSA) is 71.9 Å². The van der Waals surface area contributed by atoms with Gasteiger partial charge in [-0.05, 0) is 30.3 Å². The van der Waals surface area contributed by atoms with Crippen molar-refractivity contribution in [1.29, 1.82) is 5.41 Å². The molecule has 0 aliphatic heterocycles. The lowest BCUT2D eigenvalue weighted by molar-refractivity contribution is 0.627. The van der Waals surface area contributed by atoms with E-state index in [2.05, 4.69) is 0 Å². The number of aromatic nitrogens is 1. The van der Waals surface area contributed by atoms with Gasteiger partial charge < -0.3 is 11.1 Å². The zero-order valence-electron chi connectivity index (χ0n) is 10.0. The van der Waals surface area contributed by atoms with Crippen LogP contribution >= 0.6 is 0 Å². The van der Waals surface area contributed by atoms with Crippen LogP contribution in [0.2, 0.25) is 0 Å². The molecule has 0 amide bonds. The van der Waals surface area contributed by atoms with Crippen molar-refractivity contribution >= 4 is 11.8 Å². The summed E-state index contributed by atoms with van der Waals surface area (Å²) in [4.78, 5) is 11.8. The number of pyridine rings is 1. The molecule has 0 spiro atoms. The molecule has 0 saturated carbocycles. The van der Waals surface area contributed by atoms with E-state index >= 15 is 0 Å². The van der Waals surface area contributed by atoms with E-state index in [0.29, 0.717) is 16.8 Å². The summed E-state index contributed by atoms with van der Waals surface area (Å²) in [6.45, 7) is 0. The van der Waals surface area contributed by atoms with Gasteiger partial charge in [-0.1, -0.05) is 0 Å². The molecule has 0 unspecified atom stereocenters. The summed E-state index contributed by atoms with van der Waals surface area (Å²) in [6, 6.07) is 8.56. The number of allylic oxidation sites excluding steroid dienone is 1. The molecule has 2 rings (SSSR count). The fourth-order valence-electron chi connectivity index (χ4n) is 1.69. The van der Waals surface area contributed by atoms with E-state index in [4.69, 9.17) is 11.1 Å². The van der Waals surface area contributed by atoms with Gasteiger partial charge in [0.25, 0.3) is 5.56 Å². The minimum Gasteiger partial charge on any atom is -0.404 e. The molecule has 96 valence electrons. The predicted octanol–water partition coefficient (Wildman–Crippen LogP) is 1.93. The molecule has 1 aromatic carbocycles. The number of halogens is 1. The van der Waals surface area contributed by atoms with Crippen molar-refractivity contribution < 1.29 is 4.39 Å². The van der Waals surface area contributed by atoms with Crippen LogP contribution in [0.25, 0.3) is 11.3 Å². The molecule has 0 atom stereocenters. The van der Waals surface area contributed by atoms with Crippen molar-refractivity contribution in [3.63, 3.8) is 0 Å². The third-order valence-corrected chi connectivity index (χ3v) is 2.68. The van der Waals surface area contributed by atoms with Crippen molar-refractivity contribution in [3.05, 3.63) is 70.5 Å². The molecule has 1 aromatic heterocycles. The van der Waals surface area contributed by atoms with E-state index in [1.54, 1.807) is 12.3 Å². The maximum Gasteiger partial charge on any atom is 0.255 e. The zero-order chi connectivity index (χ0) is 13.8. The highest BCUT2D eigenvalue weighted by Gasteiger charge is 2.04. The average Bonchev–Trinajstić information content (AvgIpc) is 2.43. The predicted molar refractivity (Wildman–Crippen MR) is 72.9 cm³/mol. The summed E-state index contributed by atoms with van der Waals surface area (Å²) in [5.41, 5.74) is 6.86. The number of hydrogen-bond acceptors (Lipinski definition) is 3. The highest BCUT2D eigenvalue weighted by Crippen LogP contribution is 2.12. The van der Waals surface area contributed by atoms with Crippen molar-refractivity contribution in [1.82, 2.24) is 4.57 Å². The summed E-state index contributed by atoms with van der Waals surface area (Å²) in [5, 5.41) is 7.24. The van der Waals surface area contributed by atoms with Crippen molar-refractivity contribution in [2.75, 3.05) is 0 Å². The van der Waals surface area contributed by atoms with Crippen LogP contribution in [-0.2, 0) is 0 Å². The highest BCUT2D eigenvalue weighted by molar-refractivity contribution is 6.07. The van der Waals surface area contributed by atoms with Crippen molar-refractivity contribution in [2.24, 2.45) is 5.73 Å². The first-order valence-corrected chi connectivity index (χ1v) is 5.57. The minimum absolute atomic E-state index is 0.239. The van der Waals surface area contributed by atoms with Crippen molar-refractivity contribution in [3.8, 4) is 5.69 Å². The average molecular weight is 257 g/mol. The molecule has 4 nitrogen and oxygen atoms in total. The van der Waals surface area contributed by atoms with Crippen LogP contribution in [0, 0.1) is 11.2 Å². The number of benzene rings is 1. The second kappa shape index (κ2) is 5.30. The quantitative estimate of drug-likeness (QED) is 0.825. The van der Waals surface area contributed by atoms with E-state index in [1.807, 2.05) is 0 Å². The first-order chi connectivity index (χ1) is 9.15. The molecule has 2 aromatic rings. The molecule has 0 fully saturated rings. The molecule has 0 aliphatic rings. The number of rotatable bonds is 3. The normalized spacial score (nSPS) is 11.3. The fourth-order valence-corrected chi connectivity index (χ4v) is 1.69. The van der Waals surface area contributed by atoms with E-state index in [-0.39, 0.29) is 11.4 Å². The molecule has 3 N–H and O–H groups in total. The zero-order valence-corrected chi connectivity index (χ0v) is 10.0. The van der Waals surface area contributed by atoms with Crippen LogP contribution in [0.4, 0.5) is 4.39 Å². The van der Waals surface area contributed by atoms with Crippen LogP contribution in [0.1, 0.15) is 5.56 Å². The van der Waals surface area contributed by atoms with E-state index in [0.717, 1.165) is 6.21 Å². The summed E-state index contributed by atoms with van der Waals surface area (Å²) in [6.07, 6.45) is 3.97. The summed E-state index contributed by atoms with van der Waals surface area (Å²) < 4.78 is 14.3. The standard InChI is InChI=1S/C14H12FN3O/c15-12-2-4-13(5-3-12)18-9-10(1-6-14(18)19)11(7-16)8-17/h1-9,16H,17H2/b11-8+,16-7?. The Hall–Kier alpha value is -2.69. The van der Waals surface area contributed by atoms with Crippen LogP contribution < -0.4 is 11.3 Å². The Morgan fingerprint density at radius 1 is 1.21 bits per heavy atom. The van der Waals surface area contributed by atoms with Gasteiger partial charge in [0.15, 0.2) is 0 Å². The van der Waals surface area contributed by atoms with Gasteiger partial charge in [0.05, 0.1) is 0 Å². The Balaban J connectivity index is 2.57. The lowest BCUT2D eigenvalue weighted by Crippen LogP contribution is -2.17. The van der Waals surface area contributed by atoms with Gasteiger partial charge in [0, 0.05) is 41.5 Å². The molecule has 1 heterocycles. The lowest BCUT2D eigenvalue weighted by Gasteiger charge is -2.08. The maximum absolute atomic E-state index is 12.9. The smallest absolute Gasteiger partial charge is 0.255 e. The van der Waals surface area contributed by atoms with Gasteiger partial charge in [-0.2, -0.15) is 0 Å². The largest absolute Gasteiger partial charge is 0.404 e. The molecule has 5 heteroatoms. The molecular weight excluding hydrogens is 245 g/mol. The Morgan fingerprint density at radius 2 is 1.89 bits per heavy atom. The summed E-state index contributed by atoms with van der Waals surface area (Å²) in [5.74, 6) is -0.366. The molecule has 0 bridgehead atoms. The third kappa shape index (κ3) is 2.60. The highest BCUT2D eigenvalue weighted by atomic mass is 19.1. The summed E-state index contributed by atoms with van der Waals surface area (Å²) in [7, 11) is 0. The lowest BCUT2D eigenvalue weighted by atomic mass is 10.1. The monoisotopic (exact) mass is 257 g/mol. The van der Waals surface area contributed by atoms with Crippen LogP contribution in [0.15, 0.2) is 53.6 Å². The minimum atomic E-state index is -0.366. The molecule has 0 aliphatic carbocycles. The van der Waals surface area contributed by atoms with E-state index < -0.39 is 0 Å². The van der Waals surface area contributed by atoms with E-state index in [9.17, 15) is 9.18 Å². The first kappa shape index (κ1) is 12.8. The van der Waals surface area contributed by atoms with Crippen molar-refractivity contribution in [2.45, 2.75) is 0 Å². The Morgan fingerprint density at radius 3 is 2.47 bits per heavy atom. The molecule has 19 heavy (non-hydrogen) atoms. The van der Waals surface area contributed by atoms with Crippen LogP contribution in [0.5, 0.6) is 0 Å². The van der Waals surface area contributed by atoms with Gasteiger partial charge in [0.2, 0.25) is 0 Å². The number of nitrogens with two attached hydrogens (primary N) is 1. The van der Waals surface area contributed by atoms with Crippen LogP contribution in [0.3, 0.4) is 0 Å². The first-order valence-electron chi connectivity index (χ1n) is 5.57. The third-order valence-electron chi connectivity index (χ3n) is 2.68. The number of nitrogens with one attached hydrogen (secondary N) is 1.